The van der Waals surface area contributed by atoms with Crippen LogP contribution >= 0.6 is 34.8 Å². The number of carbonyl (C=O) groups excluding carboxylic acids is 1. The molecule has 1 fully saturated rings. The fourth-order valence-corrected chi connectivity index (χ4v) is 3.77. The maximum atomic E-state index is 12.6. The van der Waals surface area contributed by atoms with Crippen LogP contribution in [-0.4, -0.2) is 43.0 Å². The summed E-state index contributed by atoms with van der Waals surface area (Å²) >= 11 is 18.3. The van der Waals surface area contributed by atoms with Crippen molar-refractivity contribution in [2.24, 2.45) is 0 Å². The van der Waals surface area contributed by atoms with Gasteiger partial charge in [-0.15, -0.1) is 0 Å². The van der Waals surface area contributed by atoms with Crippen molar-refractivity contribution >= 4 is 52.1 Å². The van der Waals surface area contributed by atoms with Gasteiger partial charge in [0, 0.05) is 41.9 Å². The second-order valence-corrected chi connectivity index (χ2v) is 8.02. The van der Waals surface area contributed by atoms with E-state index in [9.17, 15) is 4.79 Å². The van der Waals surface area contributed by atoms with Gasteiger partial charge in [0.1, 0.15) is 0 Å². The summed E-state index contributed by atoms with van der Waals surface area (Å²) in [5.74, 6) is -0.0912. The lowest BCUT2D eigenvalue weighted by Crippen LogP contribution is -2.53. The average molecular weight is 427 g/mol. The summed E-state index contributed by atoms with van der Waals surface area (Å²) in [4.78, 5) is 17.1. The van der Waals surface area contributed by atoms with Gasteiger partial charge >= 0.3 is 0 Å². The monoisotopic (exact) mass is 425 g/mol. The van der Waals surface area contributed by atoms with Gasteiger partial charge in [-0.05, 0) is 49.7 Å². The highest BCUT2D eigenvalue weighted by molar-refractivity contribution is 6.35. The molecule has 1 amide bonds. The molecule has 0 aliphatic carbocycles. The van der Waals surface area contributed by atoms with Gasteiger partial charge in [0.2, 0.25) is 5.91 Å². The molecule has 1 heterocycles. The van der Waals surface area contributed by atoms with Crippen LogP contribution in [0.25, 0.3) is 0 Å². The molecule has 0 radical (unpaired) electrons. The normalized spacial score (nSPS) is 16.3. The second kappa shape index (κ2) is 8.70. The largest absolute Gasteiger partial charge is 0.369 e. The van der Waals surface area contributed by atoms with E-state index in [2.05, 4.69) is 22.0 Å². The van der Waals surface area contributed by atoms with Gasteiger partial charge in [0.05, 0.1) is 16.8 Å². The summed E-state index contributed by atoms with van der Waals surface area (Å²) in [5.41, 5.74) is 2.90. The Morgan fingerprint density at radius 3 is 2.33 bits per heavy atom. The lowest BCUT2D eigenvalue weighted by molar-refractivity contribution is -0.120. The molecule has 3 rings (SSSR count). The molecule has 0 saturated carbocycles. The van der Waals surface area contributed by atoms with Gasteiger partial charge in [-0.2, -0.15) is 0 Å². The van der Waals surface area contributed by atoms with Crippen molar-refractivity contribution in [2.45, 2.75) is 19.9 Å². The number of hydrogen-bond donors (Lipinski definition) is 1. The van der Waals surface area contributed by atoms with Gasteiger partial charge in [0.25, 0.3) is 0 Å². The molecule has 27 heavy (non-hydrogen) atoms. The Labute approximate surface area is 175 Å². The number of anilines is 2. The molecule has 2 aromatic rings. The van der Waals surface area contributed by atoms with E-state index < -0.39 is 0 Å². The quantitative estimate of drug-likeness (QED) is 0.738. The van der Waals surface area contributed by atoms with Crippen LogP contribution in [0.3, 0.4) is 0 Å². The van der Waals surface area contributed by atoms with Crippen molar-refractivity contribution in [3.63, 3.8) is 0 Å². The zero-order valence-electron chi connectivity index (χ0n) is 15.3. The van der Waals surface area contributed by atoms with Crippen LogP contribution in [0, 0.1) is 6.92 Å². The predicted molar refractivity (Wildman–Crippen MR) is 115 cm³/mol. The number of benzene rings is 2. The summed E-state index contributed by atoms with van der Waals surface area (Å²) in [6.45, 7) is 7.28. The zero-order chi connectivity index (χ0) is 19.6. The minimum absolute atomic E-state index is 0.0912. The number of carbonyl (C=O) groups is 1. The van der Waals surface area contributed by atoms with Crippen LogP contribution in [0.15, 0.2) is 36.4 Å². The van der Waals surface area contributed by atoms with Crippen molar-refractivity contribution < 1.29 is 4.79 Å². The molecule has 7 heteroatoms. The third-order valence-corrected chi connectivity index (χ3v) is 5.74. The predicted octanol–water partition coefficient (Wildman–Crippen LogP) is 5.10. The number of rotatable bonds is 4. The molecule has 0 spiro atoms. The first kappa shape index (κ1) is 20.3. The zero-order valence-corrected chi connectivity index (χ0v) is 17.6. The number of halogens is 3. The minimum Gasteiger partial charge on any atom is -0.369 e. The number of aryl methyl sites for hydroxylation is 1. The first-order valence-electron chi connectivity index (χ1n) is 8.86. The van der Waals surface area contributed by atoms with Crippen molar-refractivity contribution in [1.29, 1.82) is 0 Å². The van der Waals surface area contributed by atoms with E-state index in [0.29, 0.717) is 15.7 Å². The molecule has 4 nitrogen and oxygen atoms in total. The molecule has 1 unspecified atom stereocenters. The Bertz CT molecular complexity index is 835. The highest BCUT2D eigenvalue weighted by atomic mass is 35.5. The molecule has 1 saturated heterocycles. The first-order valence-corrected chi connectivity index (χ1v) is 9.99. The molecule has 1 aliphatic rings. The van der Waals surface area contributed by atoms with Crippen LogP contribution in [0.1, 0.15) is 12.5 Å². The van der Waals surface area contributed by atoms with E-state index in [1.165, 1.54) is 5.56 Å². The Kier molecular flexibility index (Phi) is 6.53. The number of piperazine rings is 1. The molecule has 1 N–H and O–H groups in total. The smallest absolute Gasteiger partial charge is 0.241 e. The van der Waals surface area contributed by atoms with Crippen LogP contribution in [0.4, 0.5) is 11.4 Å². The average Bonchev–Trinajstić information content (AvgIpc) is 2.66. The van der Waals surface area contributed by atoms with Crippen LogP contribution < -0.4 is 10.2 Å². The second-order valence-electron chi connectivity index (χ2n) is 6.74. The number of amides is 1. The van der Waals surface area contributed by atoms with E-state index >= 15 is 0 Å². The summed E-state index contributed by atoms with van der Waals surface area (Å²) in [6.07, 6.45) is 0. The van der Waals surface area contributed by atoms with E-state index in [-0.39, 0.29) is 11.9 Å². The number of nitrogens with zero attached hydrogens (tertiary/aromatic N) is 2. The van der Waals surface area contributed by atoms with E-state index in [0.717, 1.165) is 36.9 Å². The van der Waals surface area contributed by atoms with Gasteiger partial charge in [-0.1, -0.05) is 40.9 Å². The van der Waals surface area contributed by atoms with Crippen LogP contribution in [0.2, 0.25) is 15.1 Å². The third-order valence-electron chi connectivity index (χ3n) is 4.94. The highest BCUT2D eigenvalue weighted by Gasteiger charge is 2.26. The Morgan fingerprint density at radius 1 is 1.00 bits per heavy atom. The molecule has 1 atom stereocenters. The summed E-state index contributed by atoms with van der Waals surface area (Å²) in [5, 5.41) is 4.63. The highest BCUT2D eigenvalue weighted by Crippen LogP contribution is 2.27. The topological polar surface area (TPSA) is 35.6 Å². The lowest BCUT2D eigenvalue weighted by atomic mass is 10.1. The molecular weight excluding hydrogens is 405 g/mol. The van der Waals surface area contributed by atoms with Crippen LogP contribution in [-0.2, 0) is 4.79 Å². The van der Waals surface area contributed by atoms with Crippen LogP contribution in [0.5, 0.6) is 0 Å². The molecule has 144 valence electrons. The molecule has 0 bridgehead atoms. The fraction of sp³-hybridized carbons (Fsp3) is 0.350. The van der Waals surface area contributed by atoms with Gasteiger partial charge in [0.15, 0.2) is 0 Å². The summed E-state index contributed by atoms with van der Waals surface area (Å²) in [7, 11) is 0. The number of hydrogen-bond acceptors (Lipinski definition) is 3. The first-order chi connectivity index (χ1) is 12.8. The maximum Gasteiger partial charge on any atom is 0.241 e. The van der Waals surface area contributed by atoms with E-state index in [1.807, 2.05) is 25.1 Å². The fourth-order valence-electron chi connectivity index (χ4n) is 3.27. The Hall–Kier alpha value is -1.46. The Balaban J connectivity index is 1.61. The van der Waals surface area contributed by atoms with Crippen molar-refractivity contribution in [1.82, 2.24) is 4.90 Å². The van der Waals surface area contributed by atoms with Gasteiger partial charge in [-0.25, -0.2) is 0 Å². The standard InChI is InChI=1S/C20H22Cl3N3O/c1-13-3-4-16(22)12-19(13)26-9-7-25(8-10-26)14(2)20(27)24-18-11-15(21)5-6-17(18)23/h3-6,11-12,14H,7-10H2,1-2H3,(H,24,27). The third kappa shape index (κ3) is 4.88. The Morgan fingerprint density at radius 2 is 1.63 bits per heavy atom. The minimum atomic E-state index is -0.261. The maximum absolute atomic E-state index is 12.6. The van der Waals surface area contributed by atoms with Crippen molar-refractivity contribution in [3.05, 3.63) is 57.0 Å². The van der Waals surface area contributed by atoms with Gasteiger partial charge in [-0.3, -0.25) is 9.69 Å². The van der Waals surface area contributed by atoms with Crippen molar-refractivity contribution in [2.75, 3.05) is 36.4 Å². The molecule has 0 aromatic heterocycles. The van der Waals surface area contributed by atoms with Gasteiger partial charge < -0.3 is 10.2 Å². The molecule has 1 aliphatic heterocycles. The molecule has 2 aromatic carbocycles. The lowest BCUT2D eigenvalue weighted by Gasteiger charge is -2.39. The van der Waals surface area contributed by atoms with E-state index in [1.54, 1.807) is 18.2 Å². The summed E-state index contributed by atoms with van der Waals surface area (Å²) in [6, 6.07) is 10.7. The SMILES string of the molecule is Cc1ccc(Cl)cc1N1CCN(C(C)C(=O)Nc2cc(Cl)ccc2Cl)CC1. The van der Waals surface area contributed by atoms with Crippen molar-refractivity contribution in [3.8, 4) is 0 Å². The number of nitrogens with one attached hydrogen (secondary N) is 1. The summed E-state index contributed by atoms with van der Waals surface area (Å²) < 4.78 is 0. The molecular formula is C20H22Cl3N3O. The van der Waals surface area contributed by atoms with E-state index in [4.69, 9.17) is 34.8 Å².